The maximum atomic E-state index is 10.3. The summed E-state index contributed by atoms with van der Waals surface area (Å²) in [6.45, 7) is 0. The molecule has 0 aliphatic carbocycles. The van der Waals surface area contributed by atoms with Gasteiger partial charge in [0.1, 0.15) is 5.75 Å². The molecule has 0 fully saturated rings. The van der Waals surface area contributed by atoms with E-state index in [4.69, 9.17) is 21.4 Å². The second kappa shape index (κ2) is 4.67. The van der Waals surface area contributed by atoms with Gasteiger partial charge >= 0.3 is 5.97 Å². The van der Waals surface area contributed by atoms with Gasteiger partial charge in [0.25, 0.3) is 0 Å². The van der Waals surface area contributed by atoms with Gasteiger partial charge in [-0.1, -0.05) is 11.6 Å². The monoisotopic (exact) mass is 212 g/mol. The lowest BCUT2D eigenvalue weighted by atomic mass is 10.2. The van der Waals surface area contributed by atoms with Crippen LogP contribution in [0.1, 0.15) is 5.56 Å². The molecule has 0 saturated carbocycles. The standard InChI is InChI=1S/C10H9ClO3/c1-14-8-3-4-9(11)7(6-8)2-5-10(12)13/h2-6H,1H3,(H,12,13). The Labute approximate surface area is 86.6 Å². The van der Waals surface area contributed by atoms with Gasteiger partial charge in [-0.2, -0.15) is 0 Å². The lowest BCUT2D eigenvalue weighted by molar-refractivity contribution is -0.131. The SMILES string of the molecule is COc1ccc(Cl)c(C=CC(=O)O)c1. The number of benzene rings is 1. The molecule has 1 N–H and O–H groups in total. The summed E-state index contributed by atoms with van der Waals surface area (Å²) >= 11 is 5.84. The van der Waals surface area contributed by atoms with Crippen molar-refractivity contribution < 1.29 is 14.6 Å². The third-order valence-corrected chi connectivity index (χ3v) is 1.95. The minimum atomic E-state index is -1.01. The highest BCUT2D eigenvalue weighted by Gasteiger charge is 1.99. The van der Waals surface area contributed by atoms with Crippen molar-refractivity contribution in [1.29, 1.82) is 0 Å². The van der Waals surface area contributed by atoms with Gasteiger partial charge in [0.2, 0.25) is 0 Å². The summed E-state index contributed by atoms with van der Waals surface area (Å²) in [6.07, 6.45) is 2.45. The number of hydrogen-bond donors (Lipinski definition) is 1. The molecule has 3 nitrogen and oxygen atoms in total. The number of aliphatic carboxylic acids is 1. The van der Waals surface area contributed by atoms with Crippen molar-refractivity contribution in [2.75, 3.05) is 7.11 Å². The molecule has 0 atom stereocenters. The molecule has 0 unspecified atom stereocenters. The molecule has 0 amide bonds. The Morgan fingerprint density at radius 3 is 2.86 bits per heavy atom. The van der Waals surface area contributed by atoms with E-state index in [1.807, 2.05) is 0 Å². The average Bonchev–Trinajstić information content (AvgIpc) is 2.16. The maximum absolute atomic E-state index is 10.3. The van der Waals surface area contributed by atoms with E-state index >= 15 is 0 Å². The van der Waals surface area contributed by atoms with Crippen LogP contribution in [0.25, 0.3) is 6.08 Å². The normalized spacial score (nSPS) is 10.4. The van der Waals surface area contributed by atoms with Crippen LogP contribution in [0.15, 0.2) is 24.3 Å². The van der Waals surface area contributed by atoms with Crippen LogP contribution in [-0.4, -0.2) is 18.2 Å². The number of carboxylic acid groups (broad SMARTS) is 1. The van der Waals surface area contributed by atoms with Crippen LogP contribution < -0.4 is 4.74 Å². The zero-order valence-electron chi connectivity index (χ0n) is 7.53. The number of hydrogen-bond acceptors (Lipinski definition) is 2. The predicted octanol–water partition coefficient (Wildman–Crippen LogP) is 2.45. The van der Waals surface area contributed by atoms with Gasteiger partial charge in [-0.25, -0.2) is 4.79 Å². The van der Waals surface area contributed by atoms with Crippen LogP contribution in [0.5, 0.6) is 5.75 Å². The number of rotatable bonds is 3. The van der Waals surface area contributed by atoms with Gasteiger partial charge in [-0.15, -0.1) is 0 Å². The third-order valence-electron chi connectivity index (χ3n) is 1.61. The number of halogens is 1. The quantitative estimate of drug-likeness (QED) is 0.783. The lowest BCUT2D eigenvalue weighted by Gasteiger charge is -2.02. The molecule has 1 aromatic carbocycles. The van der Waals surface area contributed by atoms with Crippen LogP contribution in [0.2, 0.25) is 5.02 Å². The highest BCUT2D eigenvalue weighted by molar-refractivity contribution is 6.32. The van der Waals surface area contributed by atoms with Crippen LogP contribution in [0, 0.1) is 0 Å². The molecule has 0 aromatic heterocycles. The minimum Gasteiger partial charge on any atom is -0.497 e. The van der Waals surface area contributed by atoms with Crippen molar-refractivity contribution in [1.82, 2.24) is 0 Å². The smallest absolute Gasteiger partial charge is 0.328 e. The molecular formula is C10H9ClO3. The molecule has 1 rings (SSSR count). The summed E-state index contributed by atoms with van der Waals surface area (Å²) < 4.78 is 4.98. The van der Waals surface area contributed by atoms with E-state index in [1.54, 1.807) is 18.2 Å². The van der Waals surface area contributed by atoms with Crippen molar-refractivity contribution in [2.24, 2.45) is 0 Å². The van der Waals surface area contributed by atoms with Gasteiger partial charge in [0.15, 0.2) is 0 Å². The van der Waals surface area contributed by atoms with Gasteiger partial charge in [-0.3, -0.25) is 0 Å². The third kappa shape index (κ3) is 2.78. The Hall–Kier alpha value is -1.48. The molecule has 0 radical (unpaired) electrons. The van der Waals surface area contributed by atoms with Crippen LogP contribution in [0.4, 0.5) is 0 Å². The Morgan fingerprint density at radius 1 is 1.57 bits per heavy atom. The van der Waals surface area contributed by atoms with E-state index in [9.17, 15) is 4.79 Å². The van der Waals surface area contributed by atoms with E-state index in [2.05, 4.69) is 0 Å². The van der Waals surface area contributed by atoms with E-state index in [1.165, 1.54) is 13.2 Å². The van der Waals surface area contributed by atoms with Gasteiger partial charge < -0.3 is 9.84 Å². The number of methoxy groups -OCH3 is 1. The molecule has 74 valence electrons. The fourth-order valence-electron chi connectivity index (χ4n) is 0.938. The summed E-state index contributed by atoms with van der Waals surface area (Å²) in [6, 6.07) is 5.03. The lowest BCUT2D eigenvalue weighted by Crippen LogP contribution is -1.87. The van der Waals surface area contributed by atoms with Crippen molar-refractivity contribution in [3.05, 3.63) is 34.9 Å². The second-order valence-corrected chi connectivity index (χ2v) is 2.97. The second-order valence-electron chi connectivity index (χ2n) is 2.56. The number of ether oxygens (including phenoxy) is 1. The topological polar surface area (TPSA) is 46.5 Å². The molecule has 14 heavy (non-hydrogen) atoms. The number of carbonyl (C=O) groups is 1. The summed E-state index contributed by atoms with van der Waals surface area (Å²) in [7, 11) is 1.54. The molecule has 4 heteroatoms. The molecule has 0 aliphatic rings. The van der Waals surface area contributed by atoms with Crippen LogP contribution in [-0.2, 0) is 4.79 Å². The first-order valence-electron chi connectivity index (χ1n) is 3.88. The van der Waals surface area contributed by atoms with Crippen molar-refractivity contribution in [3.8, 4) is 5.75 Å². The van der Waals surface area contributed by atoms with E-state index in [0.29, 0.717) is 16.3 Å². The van der Waals surface area contributed by atoms with Crippen molar-refractivity contribution in [2.45, 2.75) is 0 Å². The molecule has 0 spiro atoms. The van der Waals surface area contributed by atoms with Gasteiger partial charge in [-0.05, 0) is 29.8 Å². The predicted molar refractivity (Wildman–Crippen MR) is 54.7 cm³/mol. The van der Waals surface area contributed by atoms with E-state index < -0.39 is 5.97 Å². The van der Waals surface area contributed by atoms with Crippen LogP contribution in [0.3, 0.4) is 0 Å². The molecule has 0 bridgehead atoms. The highest BCUT2D eigenvalue weighted by atomic mass is 35.5. The molecule has 0 heterocycles. The van der Waals surface area contributed by atoms with Gasteiger partial charge in [0.05, 0.1) is 7.11 Å². The zero-order chi connectivity index (χ0) is 10.6. The first kappa shape index (κ1) is 10.6. The number of carboxylic acids is 1. The average molecular weight is 213 g/mol. The molecule has 0 saturated heterocycles. The van der Waals surface area contributed by atoms with Crippen molar-refractivity contribution in [3.63, 3.8) is 0 Å². The molecule has 0 aliphatic heterocycles. The summed E-state index contributed by atoms with van der Waals surface area (Å²) in [4.78, 5) is 10.3. The molecule has 1 aromatic rings. The zero-order valence-corrected chi connectivity index (χ0v) is 8.28. The summed E-state index contributed by atoms with van der Waals surface area (Å²) in [5.41, 5.74) is 0.619. The van der Waals surface area contributed by atoms with E-state index in [0.717, 1.165) is 6.08 Å². The maximum Gasteiger partial charge on any atom is 0.328 e. The summed E-state index contributed by atoms with van der Waals surface area (Å²) in [5.74, 6) is -0.372. The van der Waals surface area contributed by atoms with E-state index in [-0.39, 0.29) is 0 Å². The summed E-state index contributed by atoms with van der Waals surface area (Å²) in [5, 5.41) is 8.92. The fraction of sp³-hybridized carbons (Fsp3) is 0.100. The highest BCUT2D eigenvalue weighted by Crippen LogP contribution is 2.22. The van der Waals surface area contributed by atoms with Gasteiger partial charge in [0, 0.05) is 11.1 Å². The van der Waals surface area contributed by atoms with Crippen LogP contribution >= 0.6 is 11.6 Å². The Morgan fingerprint density at radius 2 is 2.29 bits per heavy atom. The largest absolute Gasteiger partial charge is 0.497 e. The fourth-order valence-corrected chi connectivity index (χ4v) is 1.12. The molecular weight excluding hydrogens is 204 g/mol. The first-order valence-corrected chi connectivity index (χ1v) is 4.26. The van der Waals surface area contributed by atoms with Crippen molar-refractivity contribution >= 4 is 23.6 Å². The first-order chi connectivity index (χ1) is 6.63. The Kier molecular flexibility index (Phi) is 3.54. The Bertz CT molecular complexity index is 372. The Balaban J connectivity index is 3.00. The minimum absolute atomic E-state index is 0.489.